The Balaban J connectivity index is 1.77. The third kappa shape index (κ3) is 4.87. The van der Waals surface area contributed by atoms with E-state index in [9.17, 15) is 18.4 Å². The maximum Gasteiger partial charge on any atom is 0.227 e. The monoisotopic (exact) mass is 405 g/mol. The first-order chi connectivity index (χ1) is 12.9. The van der Waals surface area contributed by atoms with Crippen LogP contribution in [-0.4, -0.2) is 11.7 Å². The predicted octanol–water partition coefficient (Wildman–Crippen LogP) is 5.59. The maximum atomic E-state index is 14.3. The number of amides is 1. The van der Waals surface area contributed by atoms with Gasteiger partial charge in [0.05, 0.1) is 17.1 Å². The number of aryl methyl sites for hydroxylation is 1. The number of carbonyl (C=O) groups excluding carboxylic acids is 2. The fourth-order valence-corrected chi connectivity index (χ4v) is 4.16. The summed E-state index contributed by atoms with van der Waals surface area (Å²) in [6, 6.07) is 10.4. The number of hydrogen-bond donors (Lipinski definition) is 0. The summed E-state index contributed by atoms with van der Waals surface area (Å²) in [6.45, 7) is 2.08. The summed E-state index contributed by atoms with van der Waals surface area (Å²) in [7, 11) is 0. The van der Waals surface area contributed by atoms with Crippen LogP contribution in [-0.2, 0) is 11.3 Å². The van der Waals surface area contributed by atoms with E-state index in [4.69, 9.17) is 0 Å². The number of Topliss-reactive ketones (excluding diaryl/α,β-unsaturated/α-hetero) is 1. The molecule has 0 spiro atoms. The number of thiophene rings is 2. The number of benzene rings is 1. The molecule has 0 radical (unpaired) electrons. The van der Waals surface area contributed by atoms with Crippen molar-refractivity contribution in [3.8, 4) is 0 Å². The van der Waals surface area contributed by atoms with Gasteiger partial charge >= 0.3 is 0 Å². The highest BCUT2D eigenvalue weighted by Crippen LogP contribution is 2.25. The molecule has 0 saturated heterocycles. The fourth-order valence-electron chi connectivity index (χ4n) is 2.63. The highest BCUT2D eigenvalue weighted by Gasteiger charge is 2.22. The molecule has 3 aromatic rings. The number of anilines is 1. The number of hydrogen-bond acceptors (Lipinski definition) is 4. The van der Waals surface area contributed by atoms with Crippen LogP contribution < -0.4 is 4.90 Å². The van der Waals surface area contributed by atoms with Gasteiger partial charge in [-0.15, -0.1) is 22.7 Å². The van der Waals surface area contributed by atoms with Gasteiger partial charge in [-0.25, -0.2) is 8.78 Å². The molecule has 0 aliphatic carbocycles. The Hall–Kier alpha value is -2.38. The Morgan fingerprint density at radius 3 is 2.52 bits per heavy atom. The van der Waals surface area contributed by atoms with Crippen LogP contribution in [0.4, 0.5) is 14.5 Å². The Kier molecular flexibility index (Phi) is 6.13. The molecule has 2 aromatic heterocycles. The second kappa shape index (κ2) is 8.54. The van der Waals surface area contributed by atoms with Crippen molar-refractivity contribution in [2.24, 2.45) is 0 Å². The van der Waals surface area contributed by atoms with Crippen LogP contribution in [0.5, 0.6) is 0 Å². The van der Waals surface area contributed by atoms with E-state index >= 15 is 0 Å². The third-order valence-corrected chi connectivity index (χ3v) is 5.88. The molecule has 0 unspecified atom stereocenters. The topological polar surface area (TPSA) is 37.4 Å². The predicted molar refractivity (Wildman–Crippen MR) is 104 cm³/mol. The van der Waals surface area contributed by atoms with Crippen LogP contribution in [0.1, 0.15) is 32.3 Å². The molecule has 0 atom stereocenters. The summed E-state index contributed by atoms with van der Waals surface area (Å²) in [4.78, 5) is 28.8. The first-order valence-corrected chi connectivity index (χ1v) is 10.0. The van der Waals surface area contributed by atoms with E-state index < -0.39 is 11.6 Å². The minimum absolute atomic E-state index is 0.00853. The van der Waals surface area contributed by atoms with E-state index in [1.165, 1.54) is 33.6 Å². The first kappa shape index (κ1) is 19.4. The molecule has 3 nitrogen and oxygen atoms in total. The Morgan fingerprint density at radius 2 is 1.89 bits per heavy atom. The number of nitrogens with zero attached hydrogens (tertiary/aromatic N) is 1. The molecule has 1 amide bonds. The molecule has 1 aromatic carbocycles. The van der Waals surface area contributed by atoms with Crippen molar-refractivity contribution in [1.82, 2.24) is 0 Å². The lowest BCUT2D eigenvalue weighted by atomic mass is 10.1. The van der Waals surface area contributed by atoms with Crippen LogP contribution in [0.3, 0.4) is 0 Å². The Bertz CT molecular complexity index is 951. The van der Waals surface area contributed by atoms with Crippen molar-refractivity contribution in [2.45, 2.75) is 26.3 Å². The summed E-state index contributed by atoms with van der Waals surface area (Å²) in [5, 5.41) is 1.86. The van der Waals surface area contributed by atoms with E-state index in [2.05, 4.69) is 0 Å². The summed E-state index contributed by atoms with van der Waals surface area (Å²) in [5.41, 5.74) is 0.00853. The van der Waals surface area contributed by atoms with Gasteiger partial charge in [0, 0.05) is 28.7 Å². The molecular formula is C20H17F2NO2S2. The van der Waals surface area contributed by atoms with Crippen LogP contribution in [0, 0.1) is 18.6 Å². The van der Waals surface area contributed by atoms with Crippen LogP contribution in [0.2, 0.25) is 0 Å². The number of ketones is 1. The third-order valence-electron chi connectivity index (χ3n) is 3.98. The van der Waals surface area contributed by atoms with Crippen molar-refractivity contribution >= 4 is 40.1 Å². The molecule has 27 heavy (non-hydrogen) atoms. The smallest absolute Gasteiger partial charge is 0.227 e. The molecule has 3 rings (SSSR count). The molecule has 140 valence electrons. The average molecular weight is 405 g/mol. The van der Waals surface area contributed by atoms with Crippen LogP contribution in [0.15, 0.2) is 47.8 Å². The first-order valence-electron chi connectivity index (χ1n) is 8.31. The minimum Gasteiger partial charge on any atom is -0.304 e. The van der Waals surface area contributed by atoms with Gasteiger partial charge in [0.1, 0.15) is 11.6 Å². The van der Waals surface area contributed by atoms with E-state index in [0.29, 0.717) is 4.88 Å². The van der Waals surface area contributed by atoms with Gasteiger partial charge in [-0.05, 0) is 42.6 Å². The van der Waals surface area contributed by atoms with E-state index in [1.54, 1.807) is 6.07 Å². The number of carbonyl (C=O) groups is 2. The molecule has 2 heterocycles. The summed E-state index contributed by atoms with van der Waals surface area (Å²) >= 11 is 2.83. The van der Waals surface area contributed by atoms with Gasteiger partial charge in [-0.3, -0.25) is 9.59 Å². The molecule has 7 heteroatoms. The minimum atomic E-state index is -0.805. The van der Waals surface area contributed by atoms with Crippen molar-refractivity contribution in [2.75, 3.05) is 4.90 Å². The Morgan fingerprint density at radius 1 is 1.07 bits per heavy atom. The van der Waals surface area contributed by atoms with Crippen molar-refractivity contribution in [1.29, 1.82) is 0 Å². The standard InChI is InChI=1S/C20H17F2NO2S2/c1-13-4-8-19(27-13)18(24)7-9-20(25)23(12-15-3-2-10-26-15)17-6-5-14(21)11-16(17)22/h2-6,8,10-11H,7,9,12H2,1H3. The van der Waals surface area contributed by atoms with Gasteiger partial charge in [0.2, 0.25) is 5.91 Å². The summed E-state index contributed by atoms with van der Waals surface area (Å²) in [5.74, 6) is -2.00. The molecular weight excluding hydrogens is 388 g/mol. The Labute approximate surface area is 163 Å². The van der Waals surface area contributed by atoms with Crippen molar-refractivity contribution < 1.29 is 18.4 Å². The van der Waals surface area contributed by atoms with Crippen LogP contribution in [0.25, 0.3) is 0 Å². The average Bonchev–Trinajstić information content (AvgIpc) is 3.29. The second-order valence-electron chi connectivity index (χ2n) is 5.99. The van der Waals surface area contributed by atoms with Gasteiger partial charge in [-0.1, -0.05) is 6.07 Å². The van der Waals surface area contributed by atoms with Crippen molar-refractivity contribution in [3.05, 3.63) is 74.1 Å². The largest absolute Gasteiger partial charge is 0.304 e. The van der Waals surface area contributed by atoms with Crippen LogP contribution >= 0.6 is 22.7 Å². The molecule has 0 fully saturated rings. The number of rotatable bonds is 7. The number of halogens is 2. The van der Waals surface area contributed by atoms with E-state index in [1.807, 2.05) is 30.5 Å². The summed E-state index contributed by atoms with van der Waals surface area (Å²) in [6.07, 6.45) is 0.000509. The van der Waals surface area contributed by atoms with Gasteiger partial charge < -0.3 is 4.90 Å². The molecule has 0 aliphatic rings. The maximum absolute atomic E-state index is 14.3. The van der Waals surface area contributed by atoms with E-state index in [0.717, 1.165) is 21.9 Å². The zero-order chi connectivity index (χ0) is 19.4. The van der Waals surface area contributed by atoms with Gasteiger partial charge in [0.15, 0.2) is 5.78 Å². The highest BCUT2D eigenvalue weighted by atomic mass is 32.1. The quantitative estimate of drug-likeness (QED) is 0.480. The zero-order valence-electron chi connectivity index (χ0n) is 14.6. The second-order valence-corrected chi connectivity index (χ2v) is 8.31. The fraction of sp³-hybridized carbons (Fsp3) is 0.200. The van der Waals surface area contributed by atoms with Crippen molar-refractivity contribution in [3.63, 3.8) is 0 Å². The molecule has 0 aliphatic heterocycles. The molecule has 0 N–H and O–H groups in total. The van der Waals surface area contributed by atoms with Gasteiger partial charge in [0.25, 0.3) is 0 Å². The lowest BCUT2D eigenvalue weighted by Gasteiger charge is -2.23. The lowest BCUT2D eigenvalue weighted by Crippen LogP contribution is -2.31. The lowest BCUT2D eigenvalue weighted by molar-refractivity contribution is -0.118. The molecule has 0 bridgehead atoms. The van der Waals surface area contributed by atoms with E-state index in [-0.39, 0.29) is 36.8 Å². The normalized spacial score (nSPS) is 10.8. The molecule has 0 saturated carbocycles. The summed E-state index contributed by atoms with van der Waals surface area (Å²) < 4.78 is 27.5. The van der Waals surface area contributed by atoms with Gasteiger partial charge in [-0.2, -0.15) is 0 Å². The zero-order valence-corrected chi connectivity index (χ0v) is 16.2. The SMILES string of the molecule is Cc1ccc(C(=O)CCC(=O)N(Cc2cccs2)c2ccc(F)cc2F)s1. The highest BCUT2D eigenvalue weighted by molar-refractivity contribution is 7.14.